The molecule has 172 valence electrons. The van der Waals surface area contributed by atoms with Crippen LogP contribution in [0.3, 0.4) is 0 Å². The lowest BCUT2D eigenvalue weighted by Gasteiger charge is -2.17. The van der Waals surface area contributed by atoms with Crippen molar-refractivity contribution in [2.45, 2.75) is 23.6 Å². The number of primary amides is 1. The van der Waals surface area contributed by atoms with Gasteiger partial charge in [-0.3, -0.25) is 4.79 Å². The summed E-state index contributed by atoms with van der Waals surface area (Å²) in [5.74, 6) is -0.821. The van der Waals surface area contributed by atoms with E-state index in [9.17, 15) is 18.0 Å². The molecule has 0 heterocycles. The molecule has 33 heavy (non-hydrogen) atoms. The molecule has 1 atom stereocenters. The number of hydrogen-bond donors (Lipinski definition) is 3. The van der Waals surface area contributed by atoms with Crippen molar-refractivity contribution >= 4 is 50.7 Å². The third-order valence-corrected chi connectivity index (χ3v) is 7.40. The van der Waals surface area contributed by atoms with Gasteiger partial charge in [0, 0.05) is 11.3 Å². The van der Waals surface area contributed by atoms with Crippen LogP contribution in [0.25, 0.3) is 0 Å². The number of nitrogens with two attached hydrogens (primary N) is 1. The molecule has 0 saturated carbocycles. The van der Waals surface area contributed by atoms with Crippen LogP contribution in [0, 0.1) is 0 Å². The van der Waals surface area contributed by atoms with Crippen LogP contribution in [0.1, 0.15) is 34.5 Å². The number of amides is 3. The van der Waals surface area contributed by atoms with Gasteiger partial charge in [-0.2, -0.15) is 0 Å². The smallest absolute Gasteiger partial charge is 0.319 e. The Morgan fingerprint density at radius 3 is 2.21 bits per heavy atom. The molecule has 0 fully saturated rings. The Hall–Kier alpha value is -3.07. The van der Waals surface area contributed by atoms with Gasteiger partial charge in [0.15, 0.2) is 9.84 Å². The number of hydrogen-bond acceptors (Lipinski definition) is 4. The maximum atomic E-state index is 12.7. The molecule has 0 unspecified atom stereocenters. The Balaban J connectivity index is 1.63. The van der Waals surface area contributed by atoms with Gasteiger partial charge in [0.2, 0.25) is 5.91 Å². The largest absolute Gasteiger partial charge is 0.366 e. The fraction of sp³-hybridized carbons (Fsp3) is 0.130. The zero-order chi connectivity index (χ0) is 24.2. The minimum absolute atomic E-state index is 0.103. The second kappa shape index (κ2) is 10.2. The van der Waals surface area contributed by atoms with Crippen molar-refractivity contribution in [3.63, 3.8) is 0 Å². The third kappa shape index (κ3) is 6.25. The summed E-state index contributed by atoms with van der Waals surface area (Å²) in [5, 5.41) is 6.17. The van der Waals surface area contributed by atoms with Gasteiger partial charge in [0.1, 0.15) is 0 Å². The van der Waals surface area contributed by atoms with Gasteiger partial charge >= 0.3 is 6.03 Å². The normalized spacial score (nSPS) is 12.1. The molecule has 3 aromatic carbocycles. The fourth-order valence-corrected chi connectivity index (χ4v) is 4.93. The maximum Gasteiger partial charge on any atom is 0.319 e. The number of rotatable bonds is 7. The number of nitrogens with one attached hydrogen (secondary N) is 2. The second-order valence-corrected chi connectivity index (χ2v) is 10.1. The summed E-state index contributed by atoms with van der Waals surface area (Å²) < 4.78 is 25.4. The van der Waals surface area contributed by atoms with Crippen LogP contribution in [0.15, 0.2) is 71.6 Å². The topological polar surface area (TPSA) is 118 Å². The number of benzene rings is 3. The Labute approximate surface area is 201 Å². The van der Waals surface area contributed by atoms with Crippen LogP contribution in [0.2, 0.25) is 10.0 Å². The monoisotopic (exact) mass is 505 g/mol. The van der Waals surface area contributed by atoms with Crippen LogP contribution < -0.4 is 16.4 Å². The van der Waals surface area contributed by atoms with Crippen LogP contribution in [0.5, 0.6) is 0 Å². The molecule has 3 rings (SSSR count). The van der Waals surface area contributed by atoms with Gasteiger partial charge in [0.05, 0.1) is 26.7 Å². The molecule has 7 nitrogen and oxygen atoms in total. The van der Waals surface area contributed by atoms with E-state index in [-0.39, 0.29) is 10.6 Å². The van der Waals surface area contributed by atoms with E-state index in [1.807, 2.05) is 0 Å². The molecule has 0 aliphatic rings. The average molecular weight is 506 g/mol. The molecule has 4 N–H and O–H groups in total. The number of anilines is 1. The first-order chi connectivity index (χ1) is 15.6. The quantitative estimate of drug-likeness (QED) is 0.420. The molecule has 0 saturated heterocycles. The van der Waals surface area contributed by atoms with E-state index in [0.29, 0.717) is 32.4 Å². The number of urea groups is 1. The van der Waals surface area contributed by atoms with Gasteiger partial charge in [0.25, 0.3) is 0 Å². The van der Waals surface area contributed by atoms with Crippen LogP contribution in [-0.4, -0.2) is 20.4 Å². The highest BCUT2D eigenvalue weighted by Crippen LogP contribution is 2.29. The molecule has 0 aliphatic heterocycles. The van der Waals surface area contributed by atoms with Gasteiger partial charge < -0.3 is 16.4 Å². The zero-order valence-electron chi connectivity index (χ0n) is 17.5. The van der Waals surface area contributed by atoms with Gasteiger partial charge in [-0.05, 0) is 60.5 Å². The summed E-state index contributed by atoms with van der Waals surface area (Å²) >= 11 is 12.2. The first kappa shape index (κ1) is 24.6. The minimum atomic E-state index is -3.63. The highest BCUT2D eigenvalue weighted by molar-refractivity contribution is 7.90. The highest BCUT2D eigenvalue weighted by Gasteiger charge is 2.17. The minimum Gasteiger partial charge on any atom is -0.366 e. The molecule has 0 spiro atoms. The van der Waals surface area contributed by atoms with E-state index in [1.165, 1.54) is 36.4 Å². The summed E-state index contributed by atoms with van der Waals surface area (Å²) in [4.78, 5) is 23.6. The lowest BCUT2D eigenvalue weighted by Crippen LogP contribution is -2.31. The summed E-state index contributed by atoms with van der Waals surface area (Å²) in [6.07, 6.45) is 0. The van der Waals surface area contributed by atoms with Crippen molar-refractivity contribution in [3.05, 3.63) is 93.5 Å². The molecule has 0 bridgehead atoms. The van der Waals surface area contributed by atoms with Gasteiger partial charge in [-0.1, -0.05) is 47.5 Å². The predicted octanol–water partition coefficient (Wildman–Crippen LogP) is 4.95. The van der Waals surface area contributed by atoms with E-state index in [1.54, 1.807) is 37.3 Å². The van der Waals surface area contributed by atoms with Crippen molar-refractivity contribution in [3.8, 4) is 0 Å². The summed E-state index contributed by atoms with van der Waals surface area (Å²) in [6.45, 7) is 1.77. The average Bonchev–Trinajstić information content (AvgIpc) is 2.76. The lowest BCUT2D eigenvalue weighted by atomic mass is 10.1. The van der Waals surface area contributed by atoms with Crippen molar-refractivity contribution in [1.82, 2.24) is 5.32 Å². The van der Waals surface area contributed by atoms with Gasteiger partial charge in [-0.25, -0.2) is 13.2 Å². The van der Waals surface area contributed by atoms with Crippen molar-refractivity contribution < 1.29 is 18.0 Å². The zero-order valence-corrected chi connectivity index (χ0v) is 19.8. The molecule has 3 amide bonds. The van der Waals surface area contributed by atoms with E-state index < -0.39 is 27.8 Å². The molecule has 0 aromatic heterocycles. The number of carbonyl (C=O) groups excluding carboxylic acids is 2. The van der Waals surface area contributed by atoms with E-state index >= 15 is 0 Å². The van der Waals surface area contributed by atoms with E-state index in [4.69, 9.17) is 28.9 Å². The molecular weight excluding hydrogens is 485 g/mol. The highest BCUT2D eigenvalue weighted by atomic mass is 35.5. The molecule has 3 aromatic rings. The molecule has 0 aliphatic carbocycles. The van der Waals surface area contributed by atoms with Crippen molar-refractivity contribution in [2.24, 2.45) is 5.73 Å². The first-order valence-corrected chi connectivity index (χ1v) is 12.2. The number of carbonyl (C=O) groups is 2. The van der Waals surface area contributed by atoms with Crippen LogP contribution in [0.4, 0.5) is 10.5 Å². The molecule has 0 radical (unpaired) electrons. The first-order valence-electron chi connectivity index (χ1n) is 9.80. The summed E-state index contributed by atoms with van der Waals surface area (Å²) in [6, 6.07) is 16.2. The second-order valence-electron chi connectivity index (χ2n) is 7.31. The van der Waals surface area contributed by atoms with Crippen LogP contribution >= 0.6 is 23.2 Å². The lowest BCUT2D eigenvalue weighted by molar-refractivity contribution is 0.1000. The Morgan fingerprint density at radius 2 is 1.61 bits per heavy atom. The fourth-order valence-electron chi connectivity index (χ4n) is 3.11. The SMILES string of the molecule is C[C@H](NC(=O)Nc1ccc(S(=O)(=O)Cc2ccc(C(N)=O)cc2)cc1)c1cccc(Cl)c1Cl. The standard InChI is InChI=1S/C23H21Cl2N3O4S/c1-14(19-3-2-4-20(24)21(19)25)27-23(30)28-17-9-11-18(12-10-17)33(31,32)13-15-5-7-16(8-6-15)22(26)29/h2-12,14H,13H2,1H3,(H2,26,29)(H2,27,28,30)/t14-/m0/s1. The van der Waals surface area contributed by atoms with Gasteiger partial charge in [-0.15, -0.1) is 0 Å². The van der Waals surface area contributed by atoms with Crippen molar-refractivity contribution in [1.29, 1.82) is 0 Å². The molecular formula is C23H21Cl2N3O4S. The number of sulfone groups is 1. The predicted molar refractivity (Wildman–Crippen MR) is 129 cm³/mol. The van der Waals surface area contributed by atoms with E-state index in [2.05, 4.69) is 10.6 Å². The Kier molecular flexibility index (Phi) is 7.63. The van der Waals surface area contributed by atoms with Crippen LogP contribution in [-0.2, 0) is 15.6 Å². The maximum absolute atomic E-state index is 12.7. The summed E-state index contributed by atoms with van der Waals surface area (Å²) in [5.41, 5.74) is 7.11. The van der Waals surface area contributed by atoms with Crippen molar-refractivity contribution in [2.75, 3.05) is 5.32 Å². The number of halogens is 2. The summed E-state index contributed by atoms with van der Waals surface area (Å²) in [7, 11) is -3.63. The Bertz CT molecular complexity index is 1280. The van der Waals surface area contributed by atoms with E-state index in [0.717, 1.165) is 0 Å². The Morgan fingerprint density at radius 1 is 0.970 bits per heavy atom. The third-order valence-electron chi connectivity index (χ3n) is 4.86. The molecule has 10 heteroatoms.